The molecule has 0 aliphatic heterocycles. The molecule has 1 aromatic carbocycles. The molecule has 1 heterocycles. The van der Waals surface area contributed by atoms with Crippen LogP contribution >= 0.6 is 27.5 Å². The monoisotopic (exact) mass is 398 g/mol. The lowest BCUT2D eigenvalue weighted by Crippen LogP contribution is -2.35. The second kappa shape index (κ2) is 7.14. The largest absolute Gasteiger partial charge is 0.332 e. The van der Waals surface area contributed by atoms with E-state index in [2.05, 4.69) is 26.3 Å². The van der Waals surface area contributed by atoms with Crippen LogP contribution in [-0.2, 0) is 11.8 Å². The molecule has 122 valence electrons. The van der Waals surface area contributed by atoms with Crippen molar-refractivity contribution in [2.75, 3.05) is 18.9 Å². The van der Waals surface area contributed by atoms with Crippen LogP contribution in [0.3, 0.4) is 0 Å². The molecule has 8 heteroatoms. The molecule has 0 unspecified atom stereocenters. The van der Waals surface area contributed by atoms with Gasteiger partial charge in [-0.1, -0.05) is 23.7 Å². The van der Waals surface area contributed by atoms with E-state index in [9.17, 15) is 9.59 Å². The van der Waals surface area contributed by atoms with Gasteiger partial charge in [-0.3, -0.25) is 14.3 Å². The number of para-hydroxylation sites is 1. The molecule has 2 amide bonds. The lowest BCUT2D eigenvalue weighted by atomic mass is 10.2. The average Bonchev–Trinajstić information content (AvgIpc) is 2.73. The van der Waals surface area contributed by atoms with E-state index >= 15 is 0 Å². The van der Waals surface area contributed by atoms with Crippen LogP contribution in [0.4, 0.5) is 5.69 Å². The Hall–Kier alpha value is -1.86. The molecule has 0 saturated carbocycles. The summed E-state index contributed by atoms with van der Waals surface area (Å²) in [7, 11) is 3.20. The molecule has 0 aliphatic rings. The Morgan fingerprint density at radius 1 is 1.39 bits per heavy atom. The maximum Gasteiger partial charge on any atom is 0.259 e. The van der Waals surface area contributed by atoms with E-state index in [0.29, 0.717) is 16.9 Å². The maximum absolute atomic E-state index is 12.5. The van der Waals surface area contributed by atoms with Gasteiger partial charge in [-0.15, -0.1) is 0 Å². The fourth-order valence-corrected chi connectivity index (χ4v) is 2.74. The van der Waals surface area contributed by atoms with Gasteiger partial charge >= 0.3 is 0 Å². The van der Waals surface area contributed by atoms with Crippen LogP contribution in [0.2, 0.25) is 5.15 Å². The predicted molar refractivity (Wildman–Crippen MR) is 92.7 cm³/mol. The lowest BCUT2D eigenvalue weighted by molar-refractivity contribution is -0.116. The number of hydrogen-bond acceptors (Lipinski definition) is 3. The first-order chi connectivity index (χ1) is 10.8. The SMILES string of the molecule is Cc1nn(C)c(Cl)c1C(=O)N(C)CC(=O)Nc1ccccc1Br. The van der Waals surface area contributed by atoms with E-state index in [4.69, 9.17) is 11.6 Å². The minimum atomic E-state index is -0.345. The van der Waals surface area contributed by atoms with Crippen molar-refractivity contribution in [1.29, 1.82) is 0 Å². The standard InChI is InChI=1S/C15H16BrClN4O2/c1-9-13(14(17)21(3)19-9)15(23)20(2)8-12(22)18-11-7-5-4-6-10(11)16/h4-7H,8H2,1-3H3,(H,18,22). The van der Waals surface area contributed by atoms with Gasteiger partial charge in [0.1, 0.15) is 5.15 Å². The number of benzene rings is 1. The van der Waals surface area contributed by atoms with Gasteiger partial charge < -0.3 is 10.2 Å². The highest BCUT2D eigenvalue weighted by atomic mass is 79.9. The molecule has 1 N–H and O–H groups in total. The quantitative estimate of drug-likeness (QED) is 0.859. The van der Waals surface area contributed by atoms with E-state index < -0.39 is 0 Å². The Balaban J connectivity index is 2.06. The van der Waals surface area contributed by atoms with Crippen LogP contribution in [0, 0.1) is 6.92 Å². The fraction of sp³-hybridized carbons (Fsp3) is 0.267. The van der Waals surface area contributed by atoms with Crippen LogP contribution in [0.1, 0.15) is 16.1 Å². The Morgan fingerprint density at radius 3 is 2.61 bits per heavy atom. The highest BCUT2D eigenvalue weighted by Gasteiger charge is 2.23. The molecule has 2 aromatic rings. The van der Waals surface area contributed by atoms with Crippen LogP contribution in [0.15, 0.2) is 28.7 Å². The Kier molecular flexibility index (Phi) is 5.43. The number of carbonyl (C=O) groups is 2. The molecule has 0 saturated heterocycles. The molecule has 6 nitrogen and oxygen atoms in total. The van der Waals surface area contributed by atoms with Gasteiger partial charge in [0.2, 0.25) is 5.91 Å². The highest BCUT2D eigenvalue weighted by molar-refractivity contribution is 9.10. The van der Waals surface area contributed by atoms with Crippen molar-refractivity contribution >= 4 is 45.0 Å². The molecule has 0 radical (unpaired) electrons. The highest BCUT2D eigenvalue weighted by Crippen LogP contribution is 2.22. The van der Waals surface area contributed by atoms with Crippen LogP contribution in [-0.4, -0.2) is 40.1 Å². The summed E-state index contributed by atoms with van der Waals surface area (Å²) in [6.07, 6.45) is 0. The summed E-state index contributed by atoms with van der Waals surface area (Å²) in [5.74, 6) is -0.645. The molecular weight excluding hydrogens is 384 g/mol. The summed E-state index contributed by atoms with van der Waals surface area (Å²) >= 11 is 9.44. The second-order valence-electron chi connectivity index (χ2n) is 5.06. The minimum Gasteiger partial charge on any atom is -0.332 e. The van der Waals surface area contributed by atoms with Crippen molar-refractivity contribution in [2.45, 2.75) is 6.92 Å². The van der Waals surface area contributed by atoms with Crippen molar-refractivity contribution in [3.63, 3.8) is 0 Å². The summed E-state index contributed by atoms with van der Waals surface area (Å²) < 4.78 is 2.20. The van der Waals surface area contributed by atoms with Gasteiger partial charge in [0.15, 0.2) is 0 Å². The smallest absolute Gasteiger partial charge is 0.259 e. The molecule has 0 atom stereocenters. The zero-order valence-electron chi connectivity index (χ0n) is 12.9. The Morgan fingerprint density at radius 2 is 2.04 bits per heavy atom. The van der Waals surface area contributed by atoms with Crippen molar-refractivity contribution in [2.24, 2.45) is 7.05 Å². The van der Waals surface area contributed by atoms with Crippen LogP contribution in [0.5, 0.6) is 0 Å². The zero-order chi connectivity index (χ0) is 17.1. The molecule has 0 spiro atoms. The first-order valence-corrected chi connectivity index (χ1v) is 7.97. The third-order valence-corrected chi connectivity index (χ3v) is 4.37. The topological polar surface area (TPSA) is 67.2 Å². The molecule has 0 aliphatic carbocycles. The van der Waals surface area contributed by atoms with Crippen molar-refractivity contribution in [3.8, 4) is 0 Å². The Labute approximate surface area is 147 Å². The van der Waals surface area contributed by atoms with Crippen molar-refractivity contribution < 1.29 is 9.59 Å². The third kappa shape index (κ3) is 3.92. The van der Waals surface area contributed by atoms with Gasteiger partial charge in [-0.2, -0.15) is 5.10 Å². The van der Waals surface area contributed by atoms with Crippen LogP contribution < -0.4 is 5.32 Å². The number of aromatic nitrogens is 2. The summed E-state index contributed by atoms with van der Waals surface area (Å²) in [4.78, 5) is 25.9. The molecule has 0 bridgehead atoms. The number of rotatable bonds is 4. The summed E-state index contributed by atoms with van der Waals surface area (Å²) in [6, 6.07) is 7.26. The van der Waals surface area contributed by atoms with E-state index in [1.165, 1.54) is 9.58 Å². The number of nitrogens with zero attached hydrogens (tertiary/aromatic N) is 3. The normalized spacial score (nSPS) is 10.5. The first kappa shape index (κ1) is 17.5. The fourth-order valence-electron chi connectivity index (χ4n) is 2.10. The summed E-state index contributed by atoms with van der Waals surface area (Å²) in [5.41, 5.74) is 1.49. The van der Waals surface area contributed by atoms with E-state index in [-0.39, 0.29) is 23.5 Å². The first-order valence-electron chi connectivity index (χ1n) is 6.80. The summed E-state index contributed by atoms with van der Waals surface area (Å²) in [6.45, 7) is 1.61. The van der Waals surface area contributed by atoms with Gasteiger partial charge in [-0.25, -0.2) is 0 Å². The third-order valence-electron chi connectivity index (χ3n) is 3.24. The van der Waals surface area contributed by atoms with Crippen molar-refractivity contribution in [3.05, 3.63) is 45.1 Å². The van der Waals surface area contributed by atoms with Crippen molar-refractivity contribution in [1.82, 2.24) is 14.7 Å². The molecular formula is C15H16BrClN4O2. The molecule has 2 rings (SSSR count). The second-order valence-corrected chi connectivity index (χ2v) is 6.28. The summed E-state index contributed by atoms with van der Waals surface area (Å²) in [5, 5.41) is 7.11. The predicted octanol–water partition coefficient (Wildman–Crippen LogP) is 2.86. The van der Waals surface area contributed by atoms with E-state index in [1.807, 2.05) is 18.2 Å². The minimum absolute atomic E-state index is 0.0924. The van der Waals surface area contributed by atoms with Gasteiger partial charge in [0.25, 0.3) is 5.91 Å². The van der Waals surface area contributed by atoms with Gasteiger partial charge in [0.05, 0.1) is 23.5 Å². The average molecular weight is 400 g/mol. The number of nitrogens with one attached hydrogen (secondary N) is 1. The number of anilines is 1. The lowest BCUT2D eigenvalue weighted by Gasteiger charge is -2.17. The van der Waals surface area contributed by atoms with Gasteiger partial charge in [0, 0.05) is 18.6 Å². The molecule has 0 fully saturated rings. The van der Waals surface area contributed by atoms with E-state index in [1.54, 1.807) is 27.1 Å². The zero-order valence-corrected chi connectivity index (χ0v) is 15.3. The number of halogens is 2. The number of hydrogen-bond donors (Lipinski definition) is 1. The van der Waals surface area contributed by atoms with Gasteiger partial charge in [-0.05, 0) is 35.0 Å². The molecule has 1 aromatic heterocycles. The number of amides is 2. The molecule has 23 heavy (non-hydrogen) atoms. The van der Waals surface area contributed by atoms with E-state index in [0.717, 1.165) is 4.47 Å². The van der Waals surface area contributed by atoms with Crippen LogP contribution in [0.25, 0.3) is 0 Å². The number of aryl methyl sites for hydroxylation is 2. The number of likely N-dealkylation sites (N-methyl/N-ethyl adjacent to an activating group) is 1. The maximum atomic E-state index is 12.5. The number of carbonyl (C=O) groups excluding carboxylic acids is 2. The Bertz CT molecular complexity index is 760.